The molecule has 1 N–H and O–H groups in total. The van der Waals surface area contributed by atoms with Gasteiger partial charge < -0.3 is 4.90 Å². The van der Waals surface area contributed by atoms with Crippen LogP contribution >= 0.6 is 11.8 Å². The largest absolute Gasteiger partial charge is 0.378 e. The molecular formula is C9H13ClN2. The number of nitrogens with one attached hydrogen (secondary N) is 1. The molecule has 0 aromatic heterocycles. The number of hydrogen-bond acceptors (Lipinski definition) is 2. The summed E-state index contributed by atoms with van der Waals surface area (Å²) in [6.07, 6.45) is 0. The Morgan fingerprint density at radius 3 is 2.25 bits per heavy atom. The van der Waals surface area contributed by atoms with Gasteiger partial charge in [0.25, 0.3) is 0 Å². The van der Waals surface area contributed by atoms with Gasteiger partial charge in [-0.3, -0.25) is 0 Å². The SMILES string of the molecule is CN(C)c1ccc(CNCl)cc1. The van der Waals surface area contributed by atoms with Gasteiger partial charge in [0.15, 0.2) is 0 Å². The van der Waals surface area contributed by atoms with E-state index in [-0.39, 0.29) is 0 Å². The maximum Gasteiger partial charge on any atom is 0.0361 e. The van der Waals surface area contributed by atoms with E-state index >= 15 is 0 Å². The lowest BCUT2D eigenvalue weighted by Crippen LogP contribution is -2.08. The summed E-state index contributed by atoms with van der Waals surface area (Å²) in [6.45, 7) is 0.704. The summed E-state index contributed by atoms with van der Waals surface area (Å²) >= 11 is 5.38. The Balaban J connectivity index is 2.71. The van der Waals surface area contributed by atoms with Gasteiger partial charge in [-0.05, 0) is 29.5 Å². The van der Waals surface area contributed by atoms with Gasteiger partial charge in [0, 0.05) is 26.3 Å². The lowest BCUT2D eigenvalue weighted by atomic mass is 10.2. The van der Waals surface area contributed by atoms with Crippen LogP contribution in [-0.4, -0.2) is 14.1 Å². The fourth-order valence-corrected chi connectivity index (χ4v) is 1.14. The van der Waals surface area contributed by atoms with Crippen LogP contribution in [0.15, 0.2) is 24.3 Å². The first-order valence-electron chi connectivity index (χ1n) is 3.84. The van der Waals surface area contributed by atoms with Crippen molar-refractivity contribution >= 4 is 17.5 Å². The summed E-state index contributed by atoms with van der Waals surface area (Å²) in [4.78, 5) is 4.66. The van der Waals surface area contributed by atoms with E-state index in [4.69, 9.17) is 11.8 Å². The van der Waals surface area contributed by atoms with Gasteiger partial charge in [0.05, 0.1) is 0 Å². The first-order valence-corrected chi connectivity index (χ1v) is 4.21. The molecule has 12 heavy (non-hydrogen) atoms. The van der Waals surface area contributed by atoms with Crippen LogP contribution in [0.3, 0.4) is 0 Å². The average Bonchev–Trinajstić information content (AvgIpc) is 2.06. The van der Waals surface area contributed by atoms with Crippen molar-refractivity contribution in [3.8, 4) is 0 Å². The number of anilines is 1. The van der Waals surface area contributed by atoms with E-state index in [9.17, 15) is 0 Å². The second kappa shape index (κ2) is 4.33. The molecule has 0 amide bonds. The maximum absolute atomic E-state index is 5.38. The van der Waals surface area contributed by atoms with Gasteiger partial charge in [0.1, 0.15) is 0 Å². The minimum atomic E-state index is 0.704. The van der Waals surface area contributed by atoms with Crippen LogP contribution in [0.25, 0.3) is 0 Å². The minimum absolute atomic E-state index is 0.704. The van der Waals surface area contributed by atoms with Crippen LogP contribution in [0.2, 0.25) is 0 Å². The van der Waals surface area contributed by atoms with E-state index in [0.717, 1.165) is 0 Å². The van der Waals surface area contributed by atoms with Crippen molar-refractivity contribution in [3.05, 3.63) is 29.8 Å². The number of hydrogen-bond donors (Lipinski definition) is 1. The molecule has 1 aromatic rings. The van der Waals surface area contributed by atoms with Gasteiger partial charge in [0.2, 0.25) is 0 Å². The Bertz CT molecular complexity index is 231. The summed E-state index contributed by atoms with van der Waals surface area (Å²) in [5, 5.41) is 0. The molecule has 0 radical (unpaired) electrons. The lowest BCUT2D eigenvalue weighted by Gasteiger charge is -2.12. The Morgan fingerprint density at radius 2 is 1.83 bits per heavy atom. The van der Waals surface area contributed by atoms with E-state index in [0.29, 0.717) is 6.54 Å². The molecule has 0 fully saturated rings. The van der Waals surface area contributed by atoms with E-state index in [1.54, 1.807) is 0 Å². The van der Waals surface area contributed by atoms with Crippen LogP contribution in [-0.2, 0) is 6.54 Å². The van der Waals surface area contributed by atoms with Crippen LogP contribution in [0.5, 0.6) is 0 Å². The summed E-state index contributed by atoms with van der Waals surface area (Å²) in [5.41, 5.74) is 2.39. The monoisotopic (exact) mass is 184 g/mol. The summed E-state index contributed by atoms with van der Waals surface area (Å²) in [6, 6.07) is 8.27. The number of rotatable bonds is 3. The normalized spacial score (nSPS) is 9.92. The maximum atomic E-state index is 5.38. The fourth-order valence-electron chi connectivity index (χ4n) is 0.989. The summed E-state index contributed by atoms with van der Waals surface area (Å²) in [5.74, 6) is 0. The predicted octanol–water partition coefficient (Wildman–Crippen LogP) is 2.00. The van der Waals surface area contributed by atoms with E-state index in [1.165, 1.54) is 11.3 Å². The molecule has 0 saturated heterocycles. The molecular weight excluding hydrogens is 172 g/mol. The summed E-state index contributed by atoms with van der Waals surface area (Å²) in [7, 11) is 4.05. The van der Waals surface area contributed by atoms with Crippen LogP contribution < -0.4 is 9.74 Å². The molecule has 0 saturated carbocycles. The molecule has 0 aliphatic carbocycles. The predicted molar refractivity (Wildman–Crippen MR) is 53.5 cm³/mol. The van der Waals surface area contributed by atoms with Gasteiger partial charge in [-0.1, -0.05) is 12.1 Å². The van der Waals surface area contributed by atoms with Crippen molar-refractivity contribution in [2.75, 3.05) is 19.0 Å². The third-order valence-electron chi connectivity index (χ3n) is 1.72. The molecule has 1 aromatic carbocycles. The molecule has 1 rings (SSSR count). The van der Waals surface area contributed by atoms with E-state index in [2.05, 4.69) is 34.0 Å². The quantitative estimate of drug-likeness (QED) is 0.723. The third-order valence-corrected chi connectivity index (χ3v) is 1.86. The number of halogens is 1. The highest BCUT2D eigenvalue weighted by Crippen LogP contribution is 2.11. The average molecular weight is 185 g/mol. The highest BCUT2D eigenvalue weighted by Gasteiger charge is 1.94. The zero-order valence-electron chi connectivity index (χ0n) is 7.34. The van der Waals surface area contributed by atoms with E-state index < -0.39 is 0 Å². The topological polar surface area (TPSA) is 15.3 Å². The number of benzene rings is 1. The van der Waals surface area contributed by atoms with Gasteiger partial charge in [-0.15, -0.1) is 0 Å². The molecule has 0 aliphatic heterocycles. The Kier molecular flexibility index (Phi) is 3.38. The minimum Gasteiger partial charge on any atom is -0.378 e. The standard InChI is InChI=1S/C9H13ClN2/c1-12(2)9-5-3-8(4-6-9)7-11-10/h3-6,11H,7H2,1-2H3. The number of nitrogens with zero attached hydrogens (tertiary/aromatic N) is 1. The second-order valence-electron chi connectivity index (χ2n) is 2.87. The molecule has 0 heterocycles. The molecule has 0 unspecified atom stereocenters. The van der Waals surface area contributed by atoms with Gasteiger partial charge in [-0.2, -0.15) is 0 Å². The molecule has 0 aliphatic rings. The summed E-state index contributed by atoms with van der Waals surface area (Å²) < 4.78 is 0. The molecule has 0 atom stereocenters. The van der Waals surface area contributed by atoms with Crippen LogP contribution in [0.1, 0.15) is 5.56 Å². The Hall–Kier alpha value is -0.730. The highest BCUT2D eigenvalue weighted by molar-refractivity contribution is 6.13. The van der Waals surface area contributed by atoms with Crippen molar-refractivity contribution < 1.29 is 0 Å². The van der Waals surface area contributed by atoms with Crippen LogP contribution in [0.4, 0.5) is 5.69 Å². The zero-order valence-corrected chi connectivity index (χ0v) is 8.10. The van der Waals surface area contributed by atoms with Crippen molar-refractivity contribution in [2.24, 2.45) is 0 Å². The lowest BCUT2D eigenvalue weighted by molar-refractivity contribution is 0.962. The molecule has 66 valence electrons. The van der Waals surface area contributed by atoms with Crippen molar-refractivity contribution in [2.45, 2.75) is 6.54 Å². The first-order chi connectivity index (χ1) is 5.74. The second-order valence-corrected chi connectivity index (χ2v) is 3.14. The zero-order chi connectivity index (χ0) is 8.97. The molecule has 0 spiro atoms. The highest BCUT2D eigenvalue weighted by atomic mass is 35.5. The first kappa shape index (κ1) is 9.36. The smallest absolute Gasteiger partial charge is 0.0361 e. The Morgan fingerprint density at radius 1 is 1.25 bits per heavy atom. The van der Waals surface area contributed by atoms with Crippen molar-refractivity contribution in [1.82, 2.24) is 4.84 Å². The van der Waals surface area contributed by atoms with Crippen molar-refractivity contribution in [3.63, 3.8) is 0 Å². The molecule has 0 bridgehead atoms. The van der Waals surface area contributed by atoms with Gasteiger partial charge >= 0.3 is 0 Å². The van der Waals surface area contributed by atoms with E-state index in [1.807, 2.05) is 14.1 Å². The molecule has 3 heteroatoms. The van der Waals surface area contributed by atoms with Gasteiger partial charge in [-0.25, -0.2) is 4.84 Å². The van der Waals surface area contributed by atoms with Crippen molar-refractivity contribution in [1.29, 1.82) is 0 Å². The fraction of sp³-hybridized carbons (Fsp3) is 0.333. The molecule has 2 nitrogen and oxygen atoms in total. The van der Waals surface area contributed by atoms with Crippen LogP contribution in [0, 0.1) is 0 Å². The third kappa shape index (κ3) is 2.40. The Labute approximate surface area is 78.3 Å².